The highest BCUT2D eigenvalue weighted by atomic mass is 16.5. The molecular weight excluding hydrogens is 853 g/mol. The molecule has 2 aliphatic heterocycles. The molecule has 4 fully saturated rings. The van der Waals surface area contributed by atoms with Gasteiger partial charge in [-0.05, 0) is 97.8 Å². The summed E-state index contributed by atoms with van der Waals surface area (Å²) in [5.74, 6) is -0.909. The van der Waals surface area contributed by atoms with Crippen LogP contribution in [0, 0.1) is 0 Å². The summed E-state index contributed by atoms with van der Waals surface area (Å²) in [6.07, 6.45) is 9.80. The first-order chi connectivity index (χ1) is 33.3. The van der Waals surface area contributed by atoms with Gasteiger partial charge in [0.15, 0.2) is 0 Å². The summed E-state index contributed by atoms with van der Waals surface area (Å²) in [5.41, 5.74) is 5.49. The van der Waals surface area contributed by atoms with Crippen LogP contribution < -0.4 is 20.9 Å². The van der Waals surface area contributed by atoms with E-state index >= 15 is 0 Å². The molecule has 4 unspecified atom stereocenters. The predicted octanol–water partition coefficient (Wildman–Crippen LogP) is 9.15. The maximum atomic E-state index is 14.2. The van der Waals surface area contributed by atoms with Crippen molar-refractivity contribution < 1.29 is 19.1 Å². The molecule has 0 radical (unpaired) electrons. The normalized spacial score (nSPS) is 22.5. The minimum absolute atomic E-state index is 0.0321. The largest absolute Gasteiger partial charge is 0.457 e. The number of carbonyl (C=O) groups excluding carboxylic acids is 2. The van der Waals surface area contributed by atoms with E-state index < -0.39 is 24.1 Å². The molecule has 6 heterocycles. The zero-order valence-electron chi connectivity index (χ0n) is 37.5. The van der Waals surface area contributed by atoms with Gasteiger partial charge in [-0.15, -0.1) is 0 Å². The van der Waals surface area contributed by atoms with Crippen LogP contribution >= 0.6 is 0 Å². The molecule has 2 aliphatic carbocycles. The average molecular weight is 903 g/mol. The van der Waals surface area contributed by atoms with Gasteiger partial charge in [0.2, 0.25) is 0 Å². The van der Waals surface area contributed by atoms with Crippen LogP contribution in [0.2, 0.25) is 0 Å². The fraction of sp³-hybridized carbons (Fsp3) is 0.286. The van der Waals surface area contributed by atoms with Crippen molar-refractivity contribution in [2.45, 2.75) is 74.7 Å². The fourth-order valence-corrected chi connectivity index (χ4v) is 10.9. The Morgan fingerprint density at radius 2 is 0.956 bits per heavy atom. The summed E-state index contributed by atoms with van der Waals surface area (Å²) < 4.78 is 15.5. The van der Waals surface area contributed by atoms with Crippen LogP contribution in [0.1, 0.15) is 73.8 Å². The number of piperidine rings is 2. The van der Waals surface area contributed by atoms with Crippen LogP contribution in [0.25, 0.3) is 43.4 Å². The van der Waals surface area contributed by atoms with E-state index in [1.165, 1.54) is 0 Å². The number of benzene rings is 4. The molecule has 0 amide bonds. The lowest BCUT2D eigenvalue weighted by atomic mass is 10.0. The Bertz CT molecular complexity index is 3230. The second-order valence-corrected chi connectivity index (χ2v) is 18.8. The minimum atomic E-state index is -0.622. The standard InChI is InChI=1S/C56H50N6O6/c63-51(67-39-13-7-27-59(33-39)47-17-5-11-37-25-29-61(55(65)53(37)47)49-31-41(49)45-21-19-35-9-1-3-15-43(35)57-45)23-24-52(64)68-40-14-8-28-60(34-40)48-18-6-12-38-26-30-62(56(66)54(38)48)50-32-42(50)46-22-20-36-10-2-4-16-44(36)58-46/h1-6,9-12,15-26,29-30,39-42,49-50H,7-8,13-14,27-28,31-34H2/b24-23+/t39-,40-,41?,42?,49?,50?/m0/s1. The molecule has 0 spiro atoms. The number of esters is 2. The van der Waals surface area contributed by atoms with Crippen molar-refractivity contribution in [3.8, 4) is 0 Å². The van der Waals surface area contributed by atoms with Gasteiger partial charge in [-0.1, -0.05) is 72.8 Å². The molecule has 0 N–H and O–H groups in total. The number of para-hydroxylation sites is 2. The molecule has 12 heteroatoms. The molecule has 2 saturated carbocycles. The number of hydrogen-bond acceptors (Lipinski definition) is 10. The van der Waals surface area contributed by atoms with E-state index in [4.69, 9.17) is 19.4 Å². The zero-order valence-corrected chi connectivity index (χ0v) is 37.5. The summed E-state index contributed by atoms with van der Waals surface area (Å²) in [4.78, 5) is 68.9. The van der Waals surface area contributed by atoms with Crippen molar-refractivity contribution in [1.82, 2.24) is 19.1 Å². The third-order valence-electron chi connectivity index (χ3n) is 14.5. The SMILES string of the molecule is O=C(/C=C/C(=O)O[C@H]1CCCN(c2cccc3ccn(C4CC4c4ccc5ccccc5n4)c(=O)c23)C1)O[C@H]1CCCN(c2cccc3ccn(C4CC4c4ccc5ccccc5n4)c(=O)c23)C1. The van der Waals surface area contributed by atoms with Gasteiger partial charge in [-0.25, -0.2) is 9.59 Å². The first-order valence-corrected chi connectivity index (χ1v) is 23.9. The minimum Gasteiger partial charge on any atom is -0.457 e. The highest BCUT2D eigenvalue weighted by Gasteiger charge is 2.43. The van der Waals surface area contributed by atoms with Crippen LogP contribution in [0.3, 0.4) is 0 Å². The summed E-state index contributed by atoms with van der Waals surface area (Å²) in [7, 11) is 0. The van der Waals surface area contributed by atoms with E-state index in [0.717, 1.165) is 106 Å². The molecule has 8 aromatic rings. The third-order valence-corrected chi connectivity index (χ3v) is 14.5. The number of anilines is 2. The average Bonchev–Trinajstić information content (AvgIpc) is 4.32. The molecule has 2 saturated heterocycles. The molecule has 4 aromatic heterocycles. The van der Waals surface area contributed by atoms with E-state index in [1.54, 1.807) is 0 Å². The third kappa shape index (κ3) is 7.97. The lowest BCUT2D eigenvalue weighted by molar-refractivity contribution is -0.146. The number of hydrogen-bond donors (Lipinski definition) is 0. The van der Waals surface area contributed by atoms with Crippen molar-refractivity contribution in [1.29, 1.82) is 0 Å². The van der Waals surface area contributed by atoms with E-state index in [1.807, 2.05) is 106 Å². The van der Waals surface area contributed by atoms with Gasteiger partial charge < -0.3 is 28.4 Å². The Morgan fingerprint density at radius 3 is 1.43 bits per heavy atom. The van der Waals surface area contributed by atoms with Gasteiger partial charge in [0, 0.05) is 83.7 Å². The van der Waals surface area contributed by atoms with Gasteiger partial charge in [-0.2, -0.15) is 0 Å². The Labute approximate surface area is 392 Å². The van der Waals surface area contributed by atoms with Gasteiger partial charge in [0.1, 0.15) is 12.2 Å². The number of pyridine rings is 4. The zero-order chi connectivity index (χ0) is 45.9. The van der Waals surface area contributed by atoms with Crippen LogP contribution in [-0.2, 0) is 19.1 Å². The Hall–Kier alpha value is -7.60. The smallest absolute Gasteiger partial charge is 0.331 e. The van der Waals surface area contributed by atoms with Gasteiger partial charge >= 0.3 is 11.9 Å². The molecule has 340 valence electrons. The summed E-state index contributed by atoms with van der Waals surface area (Å²) >= 11 is 0. The van der Waals surface area contributed by atoms with Gasteiger partial charge in [-0.3, -0.25) is 19.6 Å². The molecule has 68 heavy (non-hydrogen) atoms. The van der Waals surface area contributed by atoms with Crippen molar-refractivity contribution in [2.24, 2.45) is 0 Å². The van der Waals surface area contributed by atoms with E-state index in [9.17, 15) is 19.2 Å². The number of ether oxygens (including phenoxy) is 2. The van der Waals surface area contributed by atoms with Crippen LogP contribution in [0.4, 0.5) is 11.4 Å². The first-order valence-electron chi connectivity index (χ1n) is 23.9. The van der Waals surface area contributed by atoms with E-state index in [2.05, 4.69) is 46.2 Å². The molecule has 4 aromatic carbocycles. The highest BCUT2D eigenvalue weighted by Crippen LogP contribution is 2.51. The quantitative estimate of drug-likeness (QED) is 0.0969. The lowest BCUT2D eigenvalue weighted by Crippen LogP contribution is -2.41. The van der Waals surface area contributed by atoms with Crippen molar-refractivity contribution in [2.75, 3.05) is 36.0 Å². The topological polar surface area (TPSA) is 129 Å². The summed E-state index contributed by atoms with van der Waals surface area (Å²) in [6.45, 7) is 2.28. The monoisotopic (exact) mass is 902 g/mol. The predicted molar refractivity (Wildman–Crippen MR) is 264 cm³/mol. The van der Waals surface area contributed by atoms with Gasteiger partial charge in [0.05, 0.1) is 46.3 Å². The molecule has 12 rings (SSSR count). The van der Waals surface area contributed by atoms with Crippen molar-refractivity contribution in [3.63, 3.8) is 0 Å². The highest BCUT2D eigenvalue weighted by molar-refractivity contribution is 5.95. The number of fused-ring (bicyclic) bond motifs is 4. The second-order valence-electron chi connectivity index (χ2n) is 18.8. The molecule has 4 aliphatic rings. The summed E-state index contributed by atoms with van der Waals surface area (Å²) in [5, 5.41) is 5.23. The number of rotatable bonds is 10. The van der Waals surface area contributed by atoms with Crippen molar-refractivity contribution in [3.05, 3.63) is 178 Å². The van der Waals surface area contributed by atoms with Crippen molar-refractivity contribution >= 4 is 66.7 Å². The molecule has 0 bridgehead atoms. The van der Waals surface area contributed by atoms with Gasteiger partial charge in [0.25, 0.3) is 11.1 Å². The number of aromatic nitrogens is 4. The first kappa shape index (κ1) is 41.8. The van der Waals surface area contributed by atoms with Crippen LogP contribution in [-0.4, -0.2) is 69.4 Å². The second kappa shape index (κ2) is 17.2. The lowest BCUT2D eigenvalue weighted by Gasteiger charge is -2.34. The van der Waals surface area contributed by atoms with Crippen LogP contribution in [0.15, 0.2) is 155 Å². The number of nitrogens with zero attached hydrogens (tertiary/aromatic N) is 6. The van der Waals surface area contributed by atoms with E-state index in [-0.39, 0.29) is 35.0 Å². The maximum absolute atomic E-state index is 14.2. The summed E-state index contributed by atoms with van der Waals surface area (Å²) in [6, 6.07) is 40.4. The fourth-order valence-electron chi connectivity index (χ4n) is 10.9. The molecule has 12 nitrogen and oxygen atoms in total. The number of carbonyl (C=O) groups is 2. The van der Waals surface area contributed by atoms with Crippen LogP contribution in [0.5, 0.6) is 0 Å². The molecular formula is C56H50N6O6. The maximum Gasteiger partial charge on any atom is 0.331 e. The molecule has 6 atom stereocenters. The Kier molecular flexibility index (Phi) is 10.6. The Morgan fingerprint density at radius 1 is 0.515 bits per heavy atom. The Balaban J connectivity index is 0.680. The van der Waals surface area contributed by atoms with E-state index in [0.29, 0.717) is 36.7 Å².